The number of carbonyl (C=O) groups is 1. The number of nitrogens with one attached hydrogen (secondary N) is 1. The van der Waals surface area contributed by atoms with Crippen LogP contribution in [-0.4, -0.2) is 28.8 Å². The smallest absolute Gasteiger partial charge is 0.350 e. The maximum atomic E-state index is 11.7. The monoisotopic (exact) mass is 423 g/mol. The first-order chi connectivity index (χ1) is 13.4. The molecule has 1 amide bonds. The van der Waals surface area contributed by atoms with Crippen LogP contribution in [-0.2, 0) is 13.9 Å². The van der Waals surface area contributed by atoms with Crippen LogP contribution in [0.2, 0.25) is 0 Å². The summed E-state index contributed by atoms with van der Waals surface area (Å²) in [5.74, 6) is -0.344. The second-order valence-corrected chi connectivity index (χ2v) is 9.28. The van der Waals surface area contributed by atoms with Crippen molar-refractivity contribution in [2.45, 2.75) is 53.9 Å². The predicted octanol–water partition coefficient (Wildman–Crippen LogP) is 4.74. The van der Waals surface area contributed by atoms with Gasteiger partial charge in [-0.1, -0.05) is 55.4 Å². The second-order valence-electron chi connectivity index (χ2n) is 8.04. The summed E-state index contributed by atoms with van der Waals surface area (Å²) in [7, 11) is -4.50. The minimum absolute atomic E-state index is 0.0207. The number of hydrogen-bond acceptors (Lipinski definition) is 3. The molecule has 1 rings (SSSR count). The SMILES string of the molecule is CC(C=CC1=C(C)CCCC1(C)C)=CC=CC(C)=CC(=O)NCCOP(=O)(O)O. The van der Waals surface area contributed by atoms with Crippen LogP contribution in [0.3, 0.4) is 0 Å². The van der Waals surface area contributed by atoms with Gasteiger partial charge in [0.25, 0.3) is 0 Å². The van der Waals surface area contributed by atoms with Gasteiger partial charge in [0.15, 0.2) is 0 Å². The highest BCUT2D eigenvalue weighted by Crippen LogP contribution is 2.40. The van der Waals surface area contributed by atoms with Crippen LogP contribution < -0.4 is 5.32 Å². The maximum Gasteiger partial charge on any atom is 0.469 e. The number of phosphoric acid groups is 1. The zero-order valence-electron chi connectivity index (χ0n) is 18.1. The number of carbonyl (C=O) groups excluding carboxylic acids is 1. The third kappa shape index (κ3) is 10.6. The molecule has 0 aromatic carbocycles. The molecule has 0 saturated carbocycles. The first-order valence-corrected chi connectivity index (χ1v) is 11.3. The number of allylic oxidation sites excluding steroid dienone is 9. The highest BCUT2D eigenvalue weighted by atomic mass is 31.2. The third-order valence-corrected chi connectivity index (χ3v) is 5.31. The highest BCUT2D eigenvalue weighted by Gasteiger charge is 2.26. The topological polar surface area (TPSA) is 95.9 Å². The van der Waals surface area contributed by atoms with Crippen molar-refractivity contribution >= 4 is 13.7 Å². The first kappa shape index (κ1) is 25.3. The van der Waals surface area contributed by atoms with Crippen molar-refractivity contribution in [3.63, 3.8) is 0 Å². The Labute approximate surface area is 174 Å². The van der Waals surface area contributed by atoms with Crippen LogP contribution in [0.25, 0.3) is 0 Å². The van der Waals surface area contributed by atoms with Gasteiger partial charge in [-0.05, 0) is 56.6 Å². The molecular formula is C22H34NO5P. The van der Waals surface area contributed by atoms with Crippen LogP contribution in [0.4, 0.5) is 0 Å². The summed E-state index contributed by atoms with van der Waals surface area (Å²) >= 11 is 0. The van der Waals surface area contributed by atoms with E-state index in [-0.39, 0.29) is 24.5 Å². The molecule has 0 bridgehead atoms. The summed E-state index contributed by atoms with van der Waals surface area (Å²) in [5, 5.41) is 2.50. The van der Waals surface area contributed by atoms with E-state index in [1.54, 1.807) is 6.92 Å². The molecule has 0 unspecified atom stereocenters. The van der Waals surface area contributed by atoms with E-state index in [4.69, 9.17) is 9.79 Å². The lowest BCUT2D eigenvalue weighted by molar-refractivity contribution is -0.116. The van der Waals surface area contributed by atoms with Gasteiger partial charge in [0, 0.05) is 12.6 Å². The quantitative estimate of drug-likeness (QED) is 0.215. The molecule has 0 saturated heterocycles. The summed E-state index contributed by atoms with van der Waals surface area (Å²) in [6.45, 7) is 10.4. The van der Waals surface area contributed by atoms with Crippen molar-refractivity contribution in [1.29, 1.82) is 0 Å². The standard InChI is InChI=1S/C22H34NO5P/c1-17(11-12-20-19(3)10-7-13-22(20,4)5)8-6-9-18(2)16-21(24)23-14-15-28-29(25,26)27/h6,8-9,11-12,16H,7,10,13-15H2,1-5H3,(H,23,24)(H2,25,26,27). The molecule has 29 heavy (non-hydrogen) atoms. The van der Waals surface area contributed by atoms with Gasteiger partial charge in [-0.2, -0.15) is 0 Å². The summed E-state index contributed by atoms with van der Waals surface area (Å²) in [4.78, 5) is 28.9. The molecule has 162 valence electrons. The van der Waals surface area contributed by atoms with E-state index >= 15 is 0 Å². The van der Waals surface area contributed by atoms with Crippen molar-refractivity contribution in [2.75, 3.05) is 13.2 Å². The van der Waals surface area contributed by atoms with Gasteiger partial charge in [-0.15, -0.1) is 0 Å². The summed E-state index contributed by atoms with van der Waals surface area (Å²) in [5.41, 5.74) is 5.00. The Hall–Kier alpha value is -1.72. The Balaban J connectivity index is 2.57. The fourth-order valence-electron chi connectivity index (χ4n) is 3.28. The molecular weight excluding hydrogens is 389 g/mol. The van der Waals surface area contributed by atoms with Gasteiger partial charge in [0.05, 0.1) is 6.61 Å². The maximum absolute atomic E-state index is 11.7. The second kappa shape index (κ2) is 11.5. The predicted molar refractivity (Wildman–Crippen MR) is 117 cm³/mol. The Morgan fingerprint density at radius 1 is 1.24 bits per heavy atom. The number of rotatable bonds is 9. The van der Waals surface area contributed by atoms with Gasteiger partial charge >= 0.3 is 7.82 Å². The van der Waals surface area contributed by atoms with Gasteiger partial charge in [-0.3, -0.25) is 9.32 Å². The van der Waals surface area contributed by atoms with E-state index in [0.29, 0.717) is 0 Å². The molecule has 6 nitrogen and oxygen atoms in total. The number of hydrogen-bond donors (Lipinski definition) is 3. The van der Waals surface area contributed by atoms with E-state index in [9.17, 15) is 9.36 Å². The largest absolute Gasteiger partial charge is 0.469 e. The zero-order valence-corrected chi connectivity index (χ0v) is 19.0. The summed E-state index contributed by atoms with van der Waals surface area (Å²) in [6.07, 6.45) is 15.1. The lowest BCUT2D eigenvalue weighted by atomic mass is 9.72. The third-order valence-electron chi connectivity index (χ3n) is 4.79. The van der Waals surface area contributed by atoms with Gasteiger partial charge in [0.1, 0.15) is 0 Å². The van der Waals surface area contributed by atoms with Crippen molar-refractivity contribution in [3.05, 3.63) is 58.7 Å². The van der Waals surface area contributed by atoms with Crippen LogP contribution in [0.5, 0.6) is 0 Å². The van der Waals surface area contributed by atoms with Crippen molar-refractivity contribution in [1.82, 2.24) is 5.32 Å². The van der Waals surface area contributed by atoms with E-state index in [1.165, 1.54) is 36.5 Å². The van der Waals surface area contributed by atoms with Gasteiger partial charge in [-0.25, -0.2) is 4.57 Å². The number of amides is 1. The molecule has 0 heterocycles. The van der Waals surface area contributed by atoms with E-state index in [0.717, 1.165) is 11.1 Å². The van der Waals surface area contributed by atoms with Gasteiger partial charge in [0.2, 0.25) is 5.91 Å². The summed E-state index contributed by atoms with van der Waals surface area (Å²) < 4.78 is 14.8. The van der Waals surface area contributed by atoms with Crippen LogP contribution in [0.1, 0.15) is 53.9 Å². The lowest BCUT2D eigenvalue weighted by Crippen LogP contribution is -2.25. The average molecular weight is 423 g/mol. The molecule has 1 aliphatic rings. The Morgan fingerprint density at radius 2 is 1.93 bits per heavy atom. The fourth-order valence-corrected chi connectivity index (χ4v) is 3.61. The molecule has 0 aliphatic heterocycles. The number of phosphoric ester groups is 1. The van der Waals surface area contributed by atoms with Crippen molar-refractivity contribution in [3.8, 4) is 0 Å². The van der Waals surface area contributed by atoms with Crippen LogP contribution in [0, 0.1) is 5.41 Å². The Morgan fingerprint density at radius 3 is 2.55 bits per heavy atom. The molecule has 0 radical (unpaired) electrons. The van der Waals surface area contributed by atoms with E-state index < -0.39 is 7.82 Å². The average Bonchev–Trinajstić information content (AvgIpc) is 2.57. The lowest BCUT2D eigenvalue weighted by Gasteiger charge is -2.32. The van der Waals surface area contributed by atoms with E-state index in [2.05, 4.69) is 42.8 Å². The molecule has 3 N–H and O–H groups in total. The molecule has 7 heteroatoms. The van der Waals surface area contributed by atoms with E-state index in [1.807, 2.05) is 25.2 Å². The highest BCUT2D eigenvalue weighted by molar-refractivity contribution is 7.46. The van der Waals surface area contributed by atoms with Crippen LogP contribution >= 0.6 is 7.82 Å². The fraction of sp³-hybridized carbons (Fsp3) is 0.500. The Kier molecular flexibility index (Phi) is 10.0. The molecule has 0 atom stereocenters. The normalized spacial score (nSPS) is 18.7. The van der Waals surface area contributed by atoms with Crippen molar-refractivity contribution < 1.29 is 23.7 Å². The first-order valence-electron chi connectivity index (χ1n) is 9.80. The zero-order chi connectivity index (χ0) is 22.1. The van der Waals surface area contributed by atoms with Crippen molar-refractivity contribution in [2.24, 2.45) is 5.41 Å². The Bertz CT molecular complexity index is 781. The minimum Gasteiger partial charge on any atom is -0.350 e. The molecule has 0 aromatic rings. The summed E-state index contributed by atoms with van der Waals surface area (Å²) in [6, 6.07) is 0. The minimum atomic E-state index is -4.50. The molecule has 0 spiro atoms. The molecule has 1 aliphatic carbocycles. The molecule has 0 aromatic heterocycles. The van der Waals surface area contributed by atoms with Crippen LogP contribution in [0.15, 0.2) is 58.7 Å². The van der Waals surface area contributed by atoms with Gasteiger partial charge < -0.3 is 15.1 Å². The molecule has 0 fully saturated rings.